The lowest BCUT2D eigenvalue weighted by atomic mass is 10.2. The van der Waals surface area contributed by atoms with Crippen LogP contribution >= 0.6 is 22.9 Å². The fourth-order valence-corrected chi connectivity index (χ4v) is 4.42. The molecule has 4 rings (SSSR count). The Balaban J connectivity index is 1.58. The van der Waals surface area contributed by atoms with Gasteiger partial charge in [-0.2, -0.15) is 14.5 Å². The van der Waals surface area contributed by atoms with Crippen molar-refractivity contribution in [1.29, 1.82) is 0 Å². The Labute approximate surface area is 141 Å². The summed E-state index contributed by atoms with van der Waals surface area (Å²) >= 11 is 2.81. The molecule has 0 fully saturated rings. The second-order valence-corrected chi connectivity index (χ2v) is 7.23. The normalized spacial score (nSPS) is 13.3. The molecular formula is C15H15N5OS2. The number of carbonyl (C=O) groups is 1. The van der Waals surface area contributed by atoms with Crippen molar-refractivity contribution in [2.45, 2.75) is 26.2 Å². The van der Waals surface area contributed by atoms with E-state index in [0.29, 0.717) is 16.6 Å². The number of hydrogen-bond donors (Lipinski definition) is 1. The summed E-state index contributed by atoms with van der Waals surface area (Å²) in [6.45, 7) is 2.03. The van der Waals surface area contributed by atoms with Gasteiger partial charge in [0, 0.05) is 24.1 Å². The van der Waals surface area contributed by atoms with Gasteiger partial charge in [0.2, 0.25) is 5.13 Å². The summed E-state index contributed by atoms with van der Waals surface area (Å²) in [6.07, 6.45) is 2.94. The molecule has 3 aromatic rings. The second kappa shape index (κ2) is 5.54. The Morgan fingerprint density at radius 1 is 1.39 bits per heavy atom. The number of amides is 1. The first-order valence-corrected chi connectivity index (χ1v) is 9.03. The summed E-state index contributed by atoms with van der Waals surface area (Å²) in [5, 5.41) is 9.84. The third-order valence-electron chi connectivity index (χ3n) is 4.00. The first-order valence-electron chi connectivity index (χ1n) is 7.38. The molecule has 118 valence electrons. The fourth-order valence-electron chi connectivity index (χ4n) is 2.93. The third kappa shape index (κ3) is 2.47. The van der Waals surface area contributed by atoms with E-state index in [9.17, 15) is 4.79 Å². The predicted molar refractivity (Wildman–Crippen MR) is 91.1 cm³/mol. The quantitative estimate of drug-likeness (QED) is 0.792. The van der Waals surface area contributed by atoms with Crippen LogP contribution in [0.2, 0.25) is 0 Å². The molecule has 0 aromatic carbocycles. The molecule has 0 atom stereocenters. The molecule has 0 saturated carbocycles. The van der Waals surface area contributed by atoms with Gasteiger partial charge in [-0.3, -0.25) is 14.8 Å². The lowest BCUT2D eigenvalue weighted by molar-refractivity contribution is 0.101. The minimum absolute atomic E-state index is 0.159. The number of rotatable bonds is 3. The van der Waals surface area contributed by atoms with Gasteiger partial charge >= 0.3 is 0 Å². The minimum atomic E-state index is -0.159. The summed E-state index contributed by atoms with van der Waals surface area (Å²) in [4.78, 5) is 18.1. The second-order valence-electron chi connectivity index (χ2n) is 5.56. The summed E-state index contributed by atoms with van der Waals surface area (Å²) in [5.41, 5.74) is 3.91. The van der Waals surface area contributed by atoms with E-state index in [1.165, 1.54) is 11.5 Å². The van der Waals surface area contributed by atoms with Gasteiger partial charge in [0.05, 0.1) is 10.6 Å². The average molecular weight is 345 g/mol. The van der Waals surface area contributed by atoms with E-state index in [-0.39, 0.29) is 5.91 Å². The Morgan fingerprint density at radius 2 is 2.26 bits per heavy atom. The molecule has 0 bridgehead atoms. The molecule has 1 aliphatic rings. The Bertz CT molecular complexity index is 892. The maximum atomic E-state index is 12.6. The zero-order valence-electron chi connectivity index (χ0n) is 12.8. The fraction of sp³-hybridized carbons (Fsp3) is 0.333. The van der Waals surface area contributed by atoms with E-state index in [2.05, 4.69) is 19.8 Å². The molecule has 1 aliphatic carbocycles. The number of nitrogens with one attached hydrogen (secondary N) is 1. The Morgan fingerprint density at radius 3 is 3.04 bits per heavy atom. The standard InChI is InChI=1S/C15H15N5OS2/c1-8-6-7-22-12(8)13-16-15(23-19-13)17-14(21)11-9-4-3-5-10(9)18-20(11)2/h6-7H,3-5H2,1-2H3,(H,16,17,19,21). The molecule has 0 spiro atoms. The van der Waals surface area contributed by atoms with Gasteiger partial charge in [-0.05, 0) is 43.2 Å². The monoisotopic (exact) mass is 345 g/mol. The number of thiophene rings is 1. The molecule has 1 amide bonds. The molecular weight excluding hydrogens is 330 g/mol. The molecule has 0 saturated heterocycles. The molecule has 1 N–H and O–H groups in total. The van der Waals surface area contributed by atoms with Crippen LogP contribution in [0.15, 0.2) is 11.4 Å². The topological polar surface area (TPSA) is 72.7 Å². The van der Waals surface area contributed by atoms with Crippen molar-refractivity contribution < 1.29 is 4.79 Å². The average Bonchev–Trinajstić information content (AvgIpc) is 3.23. The molecule has 6 nitrogen and oxygen atoms in total. The zero-order chi connectivity index (χ0) is 16.0. The van der Waals surface area contributed by atoms with Crippen molar-refractivity contribution in [2.75, 3.05) is 5.32 Å². The van der Waals surface area contributed by atoms with E-state index < -0.39 is 0 Å². The van der Waals surface area contributed by atoms with Crippen molar-refractivity contribution in [3.63, 3.8) is 0 Å². The molecule has 8 heteroatoms. The number of aryl methyl sites for hydroxylation is 3. The zero-order valence-corrected chi connectivity index (χ0v) is 14.4. The van der Waals surface area contributed by atoms with Crippen LogP contribution < -0.4 is 5.32 Å². The van der Waals surface area contributed by atoms with Gasteiger partial charge in [0.25, 0.3) is 5.91 Å². The van der Waals surface area contributed by atoms with Crippen molar-refractivity contribution >= 4 is 33.9 Å². The number of aromatic nitrogens is 4. The molecule has 0 aliphatic heterocycles. The van der Waals surface area contributed by atoms with Gasteiger partial charge in [-0.1, -0.05) is 0 Å². The summed E-state index contributed by atoms with van der Waals surface area (Å²) in [5.74, 6) is 0.516. The van der Waals surface area contributed by atoms with Crippen LogP contribution in [-0.4, -0.2) is 25.0 Å². The van der Waals surface area contributed by atoms with Crippen molar-refractivity contribution in [1.82, 2.24) is 19.1 Å². The van der Waals surface area contributed by atoms with Crippen LogP contribution in [0.25, 0.3) is 10.7 Å². The van der Waals surface area contributed by atoms with Gasteiger partial charge < -0.3 is 0 Å². The Hall–Kier alpha value is -2.06. The molecule has 0 unspecified atom stereocenters. The number of fused-ring (bicyclic) bond motifs is 1. The highest BCUT2D eigenvalue weighted by Gasteiger charge is 2.26. The first-order chi connectivity index (χ1) is 11.1. The van der Waals surface area contributed by atoms with E-state index in [0.717, 1.165) is 41.0 Å². The number of carbonyl (C=O) groups excluding carboxylic acids is 1. The highest BCUT2D eigenvalue weighted by atomic mass is 32.1. The van der Waals surface area contributed by atoms with Gasteiger partial charge in [-0.25, -0.2) is 0 Å². The van der Waals surface area contributed by atoms with Crippen LogP contribution in [0, 0.1) is 6.92 Å². The van der Waals surface area contributed by atoms with Crippen LogP contribution in [0.4, 0.5) is 5.13 Å². The van der Waals surface area contributed by atoms with Crippen LogP contribution in [0.5, 0.6) is 0 Å². The predicted octanol–water partition coefficient (Wildman–Crippen LogP) is 3.05. The summed E-state index contributed by atoms with van der Waals surface area (Å²) < 4.78 is 6.02. The van der Waals surface area contributed by atoms with Crippen LogP contribution in [-0.2, 0) is 19.9 Å². The minimum Gasteiger partial charge on any atom is -0.295 e. The largest absolute Gasteiger partial charge is 0.295 e. The molecule has 3 aromatic heterocycles. The number of nitrogens with zero attached hydrogens (tertiary/aromatic N) is 4. The van der Waals surface area contributed by atoms with Crippen LogP contribution in [0.1, 0.15) is 33.7 Å². The van der Waals surface area contributed by atoms with E-state index in [1.807, 2.05) is 25.4 Å². The van der Waals surface area contributed by atoms with E-state index >= 15 is 0 Å². The smallest absolute Gasteiger partial charge is 0.276 e. The molecule has 3 heterocycles. The Kier molecular flexibility index (Phi) is 3.50. The van der Waals surface area contributed by atoms with Crippen molar-refractivity contribution in [3.05, 3.63) is 34.0 Å². The molecule has 23 heavy (non-hydrogen) atoms. The maximum Gasteiger partial charge on any atom is 0.276 e. The van der Waals surface area contributed by atoms with E-state index in [4.69, 9.17) is 0 Å². The number of hydrogen-bond acceptors (Lipinski definition) is 6. The van der Waals surface area contributed by atoms with Crippen LogP contribution in [0.3, 0.4) is 0 Å². The lowest BCUT2D eigenvalue weighted by Crippen LogP contribution is -2.17. The SMILES string of the molecule is Cc1ccsc1-c1nsc(NC(=O)c2c3c(nn2C)CCC3)n1. The summed E-state index contributed by atoms with van der Waals surface area (Å²) in [7, 11) is 1.81. The maximum absolute atomic E-state index is 12.6. The van der Waals surface area contributed by atoms with Crippen molar-refractivity contribution in [3.8, 4) is 10.7 Å². The van der Waals surface area contributed by atoms with Gasteiger partial charge in [0.1, 0.15) is 5.69 Å². The highest BCUT2D eigenvalue weighted by molar-refractivity contribution is 7.14. The third-order valence-corrected chi connectivity index (χ3v) is 5.64. The summed E-state index contributed by atoms with van der Waals surface area (Å²) in [6, 6.07) is 2.04. The van der Waals surface area contributed by atoms with E-state index in [1.54, 1.807) is 16.0 Å². The number of anilines is 1. The van der Waals surface area contributed by atoms with Gasteiger partial charge in [0.15, 0.2) is 5.82 Å². The highest BCUT2D eigenvalue weighted by Crippen LogP contribution is 2.29. The van der Waals surface area contributed by atoms with Gasteiger partial charge in [-0.15, -0.1) is 11.3 Å². The van der Waals surface area contributed by atoms with Crippen molar-refractivity contribution in [2.24, 2.45) is 7.05 Å². The first kappa shape index (κ1) is 14.5. The lowest BCUT2D eigenvalue weighted by Gasteiger charge is -2.04. The molecule has 0 radical (unpaired) electrons.